The minimum absolute atomic E-state index is 0.116. The van der Waals surface area contributed by atoms with Crippen molar-refractivity contribution < 1.29 is 9.35 Å². The van der Waals surface area contributed by atoms with Crippen LogP contribution >= 0.6 is 0 Å². The van der Waals surface area contributed by atoms with Crippen LogP contribution in [0.25, 0.3) is 0 Å². The number of benzene rings is 1. The fourth-order valence-electron chi connectivity index (χ4n) is 1.71. The van der Waals surface area contributed by atoms with Crippen LogP contribution in [0, 0.1) is 10.1 Å². The van der Waals surface area contributed by atoms with Gasteiger partial charge in [-0.3, -0.25) is 10.1 Å². The van der Waals surface area contributed by atoms with Crippen LogP contribution in [0.4, 0.5) is 11.4 Å². The quantitative estimate of drug-likeness (QED) is 0.438. The molecule has 0 spiro atoms. The molecule has 0 fully saturated rings. The van der Waals surface area contributed by atoms with Gasteiger partial charge in [-0.2, -0.15) is 0 Å². The van der Waals surface area contributed by atoms with Crippen molar-refractivity contribution >= 4 is 19.7 Å². The molecule has 1 aromatic carbocycles. The lowest BCUT2D eigenvalue weighted by Crippen LogP contribution is -2.40. The van der Waals surface area contributed by atoms with Gasteiger partial charge in [0.05, 0.1) is 11.5 Å². The Balaban J connectivity index is 2.89. The fourth-order valence-corrected chi connectivity index (χ4v) is 2.67. The predicted molar refractivity (Wildman–Crippen MR) is 93.9 cm³/mol. The molecule has 0 saturated carbocycles. The molecular formula is C16H28N2O3Si. The molecule has 0 aliphatic heterocycles. The maximum atomic E-state index is 11.2. The molecule has 0 atom stereocenters. The van der Waals surface area contributed by atoms with E-state index in [4.69, 9.17) is 4.43 Å². The van der Waals surface area contributed by atoms with E-state index in [1.54, 1.807) is 12.1 Å². The standard InChI is InChI=1S/C16H28N2O3Si/c1-7-10-17-14-9-8-13(11-15(14)18(19)20)12-21-22(5,6)16(2,3)4/h8-9,11,17H,7,10,12H2,1-6H3. The topological polar surface area (TPSA) is 64.4 Å². The third-order valence-corrected chi connectivity index (χ3v) is 8.71. The molecule has 124 valence electrons. The third kappa shape index (κ3) is 4.81. The van der Waals surface area contributed by atoms with Gasteiger partial charge in [-0.25, -0.2) is 0 Å². The lowest BCUT2D eigenvalue weighted by atomic mass is 10.2. The Morgan fingerprint density at radius 3 is 2.45 bits per heavy atom. The van der Waals surface area contributed by atoms with Gasteiger partial charge in [0.1, 0.15) is 5.69 Å². The largest absolute Gasteiger partial charge is 0.413 e. The molecule has 0 aliphatic rings. The van der Waals surface area contributed by atoms with Crippen LogP contribution in [-0.2, 0) is 11.0 Å². The minimum Gasteiger partial charge on any atom is -0.413 e. The SMILES string of the molecule is CCCNc1ccc(CO[Si](C)(C)C(C)(C)C)cc1[N+](=O)[O-]. The average molecular weight is 324 g/mol. The van der Waals surface area contributed by atoms with Crippen molar-refractivity contribution in [3.8, 4) is 0 Å². The highest BCUT2D eigenvalue weighted by molar-refractivity contribution is 6.74. The van der Waals surface area contributed by atoms with Crippen LogP contribution < -0.4 is 5.32 Å². The smallest absolute Gasteiger partial charge is 0.292 e. The molecule has 1 N–H and O–H groups in total. The first kappa shape index (κ1) is 18.6. The molecule has 0 amide bonds. The normalized spacial score (nSPS) is 12.3. The van der Waals surface area contributed by atoms with Gasteiger partial charge < -0.3 is 9.74 Å². The summed E-state index contributed by atoms with van der Waals surface area (Å²) >= 11 is 0. The molecule has 1 rings (SSSR count). The predicted octanol–water partition coefficient (Wildman–Crippen LogP) is 4.94. The summed E-state index contributed by atoms with van der Waals surface area (Å²) in [6.07, 6.45) is 0.924. The second-order valence-electron chi connectivity index (χ2n) is 7.08. The number of rotatable bonds is 7. The van der Waals surface area contributed by atoms with E-state index in [0.717, 1.165) is 18.5 Å². The van der Waals surface area contributed by atoms with Gasteiger partial charge in [0, 0.05) is 12.6 Å². The molecule has 0 bridgehead atoms. The van der Waals surface area contributed by atoms with Crippen LogP contribution in [0.5, 0.6) is 0 Å². The summed E-state index contributed by atoms with van der Waals surface area (Å²) in [7, 11) is -1.85. The fraction of sp³-hybridized carbons (Fsp3) is 0.625. The molecule has 0 saturated heterocycles. The number of anilines is 1. The van der Waals surface area contributed by atoms with Crippen molar-refractivity contribution in [2.24, 2.45) is 0 Å². The van der Waals surface area contributed by atoms with Crippen LogP contribution in [-0.4, -0.2) is 19.8 Å². The van der Waals surface area contributed by atoms with Crippen molar-refractivity contribution in [1.29, 1.82) is 0 Å². The maximum Gasteiger partial charge on any atom is 0.292 e. The highest BCUT2D eigenvalue weighted by atomic mass is 28.4. The zero-order valence-corrected chi connectivity index (χ0v) is 15.5. The number of hydrogen-bond acceptors (Lipinski definition) is 4. The van der Waals surface area contributed by atoms with Gasteiger partial charge >= 0.3 is 0 Å². The molecule has 5 nitrogen and oxygen atoms in total. The maximum absolute atomic E-state index is 11.2. The summed E-state index contributed by atoms with van der Waals surface area (Å²) in [5, 5.41) is 14.5. The van der Waals surface area contributed by atoms with Crippen molar-refractivity contribution in [3.63, 3.8) is 0 Å². The Morgan fingerprint density at radius 1 is 1.32 bits per heavy atom. The first-order valence-corrected chi connectivity index (χ1v) is 10.6. The van der Waals surface area contributed by atoms with Gasteiger partial charge in [0.15, 0.2) is 8.32 Å². The summed E-state index contributed by atoms with van der Waals surface area (Å²) in [6.45, 7) is 14.1. The van der Waals surface area contributed by atoms with Crippen LogP contribution in [0.1, 0.15) is 39.7 Å². The summed E-state index contributed by atoms with van der Waals surface area (Å²) in [5.74, 6) is 0. The molecule has 1 aromatic rings. The van der Waals surface area contributed by atoms with E-state index in [0.29, 0.717) is 12.3 Å². The van der Waals surface area contributed by atoms with E-state index < -0.39 is 8.32 Å². The summed E-state index contributed by atoms with van der Waals surface area (Å²) in [4.78, 5) is 10.9. The number of nitro groups is 1. The summed E-state index contributed by atoms with van der Waals surface area (Å²) < 4.78 is 6.13. The first-order valence-electron chi connectivity index (χ1n) is 7.73. The summed E-state index contributed by atoms with van der Waals surface area (Å²) in [6, 6.07) is 5.29. The van der Waals surface area contributed by atoms with Gasteiger partial charge in [0.25, 0.3) is 5.69 Å². The van der Waals surface area contributed by atoms with E-state index in [1.165, 1.54) is 0 Å². The van der Waals surface area contributed by atoms with Gasteiger partial charge in [-0.15, -0.1) is 0 Å². The van der Waals surface area contributed by atoms with E-state index in [2.05, 4.69) is 39.2 Å². The molecule has 0 heterocycles. The Hall–Kier alpha value is -1.40. The van der Waals surface area contributed by atoms with Crippen molar-refractivity contribution in [3.05, 3.63) is 33.9 Å². The Bertz CT molecular complexity index is 525. The number of nitro benzene ring substituents is 1. The average Bonchev–Trinajstić information content (AvgIpc) is 2.42. The summed E-state index contributed by atoms with van der Waals surface area (Å²) in [5.41, 5.74) is 1.53. The van der Waals surface area contributed by atoms with Gasteiger partial charge in [0.2, 0.25) is 0 Å². The van der Waals surface area contributed by atoms with E-state index >= 15 is 0 Å². The molecular weight excluding hydrogens is 296 g/mol. The van der Waals surface area contributed by atoms with Crippen LogP contribution in [0.15, 0.2) is 18.2 Å². The first-order chi connectivity index (χ1) is 10.1. The molecule has 0 aromatic heterocycles. The second kappa shape index (κ2) is 7.24. The van der Waals surface area contributed by atoms with Crippen LogP contribution in [0.2, 0.25) is 18.1 Å². The lowest BCUT2D eigenvalue weighted by Gasteiger charge is -2.36. The number of hydrogen-bond donors (Lipinski definition) is 1. The van der Waals surface area contributed by atoms with Crippen molar-refractivity contribution in [1.82, 2.24) is 0 Å². The molecule has 0 unspecified atom stereocenters. The zero-order valence-electron chi connectivity index (χ0n) is 14.5. The van der Waals surface area contributed by atoms with E-state index in [-0.39, 0.29) is 15.6 Å². The second-order valence-corrected chi connectivity index (χ2v) is 11.9. The monoisotopic (exact) mass is 324 g/mol. The molecule has 0 aliphatic carbocycles. The number of nitrogens with zero attached hydrogens (tertiary/aromatic N) is 1. The van der Waals surface area contributed by atoms with E-state index in [1.807, 2.05) is 13.0 Å². The van der Waals surface area contributed by atoms with Gasteiger partial charge in [-0.05, 0) is 36.2 Å². The number of nitrogens with one attached hydrogen (secondary N) is 1. The van der Waals surface area contributed by atoms with Crippen molar-refractivity contribution in [2.75, 3.05) is 11.9 Å². The van der Waals surface area contributed by atoms with Crippen molar-refractivity contribution in [2.45, 2.75) is 58.9 Å². The van der Waals surface area contributed by atoms with E-state index in [9.17, 15) is 10.1 Å². The Kier molecular flexibility index (Phi) is 6.14. The van der Waals surface area contributed by atoms with Gasteiger partial charge in [-0.1, -0.05) is 33.8 Å². The Morgan fingerprint density at radius 2 is 1.95 bits per heavy atom. The highest BCUT2D eigenvalue weighted by Crippen LogP contribution is 2.37. The third-order valence-electron chi connectivity index (χ3n) is 4.23. The minimum atomic E-state index is -1.85. The molecule has 0 radical (unpaired) electrons. The Labute approximate surface area is 134 Å². The van der Waals surface area contributed by atoms with Crippen LogP contribution in [0.3, 0.4) is 0 Å². The highest BCUT2D eigenvalue weighted by Gasteiger charge is 2.37. The molecule has 22 heavy (non-hydrogen) atoms. The lowest BCUT2D eigenvalue weighted by molar-refractivity contribution is -0.384. The zero-order chi connectivity index (χ0) is 17.0. The molecule has 6 heteroatoms.